The Hall–Kier alpha value is -3.02. The maximum Gasteiger partial charge on any atom is 0.419 e. The fourth-order valence-electron chi connectivity index (χ4n) is 2.18. The molecule has 2 aromatic carbocycles. The van der Waals surface area contributed by atoms with E-state index < -0.39 is 5.76 Å². The molecule has 1 N–H and O–H groups in total. The molecule has 0 aliphatic carbocycles. The number of ether oxygens (including phenoxy) is 1. The lowest BCUT2D eigenvalue weighted by Gasteiger charge is -2.08. The summed E-state index contributed by atoms with van der Waals surface area (Å²) in [6, 6.07) is 12.5. The van der Waals surface area contributed by atoms with Crippen LogP contribution in [-0.2, 0) is 11.8 Å². The molecule has 0 saturated heterocycles. The summed E-state index contributed by atoms with van der Waals surface area (Å²) in [6.45, 7) is 1.89. The van der Waals surface area contributed by atoms with Gasteiger partial charge >= 0.3 is 5.76 Å². The van der Waals surface area contributed by atoms with Gasteiger partial charge in [0.2, 0.25) is 0 Å². The fourth-order valence-corrected chi connectivity index (χ4v) is 2.18. The van der Waals surface area contributed by atoms with E-state index in [1.165, 1.54) is 4.57 Å². The molecular weight excluding hydrogens is 296 g/mol. The van der Waals surface area contributed by atoms with Crippen molar-refractivity contribution in [2.45, 2.75) is 6.92 Å². The summed E-state index contributed by atoms with van der Waals surface area (Å²) in [5.41, 5.74) is 2.80. The number of aromatic nitrogens is 1. The normalized spacial score (nSPS) is 10.7. The summed E-state index contributed by atoms with van der Waals surface area (Å²) in [5, 5.41) is 2.73. The van der Waals surface area contributed by atoms with E-state index in [0.29, 0.717) is 22.5 Å². The largest absolute Gasteiger partial charge is 0.484 e. The molecule has 0 unspecified atom stereocenters. The SMILES string of the molecule is Cc1ccc(OCC(=O)Nc2ccc3oc(=O)n(C)c3c2)cc1. The van der Waals surface area contributed by atoms with Crippen molar-refractivity contribution >= 4 is 22.7 Å². The van der Waals surface area contributed by atoms with Crippen LogP contribution < -0.4 is 15.8 Å². The third-order valence-corrected chi connectivity index (χ3v) is 3.47. The number of hydrogen-bond acceptors (Lipinski definition) is 4. The Labute approximate surface area is 132 Å². The molecule has 3 aromatic rings. The highest BCUT2D eigenvalue weighted by atomic mass is 16.5. The minimum absolute atomic E-state index is 0.0918. The lowest BCUT2D eigenvalue weighted by molar-refractivity contribution is -0.118. The number of aryl methyl sites for hydroxylation is 2. The Morgan fingerprint density at radius 2 is 1.96 bits per heavy atom. The second-order valence-electron chi connectivity index (χ2n) is 5.26. The van der Waals surface area contributed by atoms with Crippen LogP contribution in [0.2, 0.25) is 0 Å². The van der Waals surface area contributed by atoms with Gasteiger partial charge in [-0.2, -0.15) is 0 Å². The van der Waals surface area contributed by atoms with Crippen LogP contribution in [-0.4, -0.2) is 17.1 Å². The molecule has 0 atom stereocenters. The Morgan fingerprint density at radius 3 is 2.70 bits per heavy atom. The molecule has 1 heterocycles. The topological polar surface area (TPSA) is 73.5 Å². The molecule has 6 heteroatoms. The van der Waals surface area contributed by atoms with Gasteiger partial charge in [0.1, 0.15) is 5.75 Å². The first-order valence-electron chi connectivity index (χ1n) is 7.12. The van der Waals surface area contributed by atoms with Crippen LogP contribution in [0.25, 0.3) is 11.1 Å². The zero-order valence-electron chi connectivity index (χ0n) is 12.8. The third-order valence-electron chi connectivity index (χ3n) is 3.47. The van der Waals surface area contributed by atoms with Crippen molar-refractivity contribution in [3.63, 3.8) is 0 Å². The zero-order valence-corrected chi connectivity index (χ0v) is 12.8. The van der Waals surface area contributed by atoms with Crippen molar-refractivity contribution in [2.24, 2.45) is 7.05 Å². The summed E-state index contributed by atoms with van der Waals surface area (Å²) in [6.07, 6.45) is 0. The van der Waals surface area contributed by atoms with Crippen LogP contribution in [0.15, 0.2) is 51.7 Å². The van der Waals surface area contributed by atoms with Gasteiger partial charge in [0.25, 0.3) is 5.91 Å². The lowest BCUT2D eigenvalue weighted by atomic mass is 10.2. The minimum Gasteiger partial charge on any atom is -0.484 e. The Balaban J connectivity index is 1.66. The first-order chi connectivity index (χ1) is 11.0. The molecule has 0 radical (unpaired) electrons. The number of anilines is 1. The smallest absolute Gasteiger partial charge is 0.419 e. The average molecular weight is 312 g/mol. The number of fused-ring (bicyclic) bond motifs is 1. The van der Waals surface area contributed by atoms with Crippen LogP contribution in [0.5, 0.6) is 5.75 Å². The van der Waals surface area contributed by atoms with Gasteiger partial charge in [0.05, 0.1) is 5.52 Å². The number of rotatable bonds is 4. The van der Waals surface area contributed by atoms with Crippen molar-refractivity contribution < 1.29 is 13.9 Å². The quantitative estimate of drug-likeness (QED) is 0.803. The number of oxazole rings is 1. The van der Waals surface area contributed by atoms with E-state index in [2.05, 4.69) is 5.32 Å². The Bertz CT molecular complexity index is 906. The molecule has 0 fully saturated rings. The van der Waals surface area contributed by atoms with Crippen LogP contribution in [0, 0.1) is 6.92 Å². The number of nitrogens with one attached hydrogen (secondary N) is 1. The predicted molar refractivity (Wildman–Crippen MR) is 86.8 cm³/mol. The Kier molecular flexibility index (Phi) is 3.89. The van der Waals surface area contributed by atoms with Crippen molar-refractivity contribution in [1.82, 2.24) is 4.57 Å². The summed E-state index contributed by atoms with van der Waals surface area (Å²) < 4.78 is 11.9. The van der Waals surface area contributed by atoms with Crippen molar-refractivity contribution in [3.05, 3.63) is 58.6 Å². The molecule has 0 aliphatic rings. The minimum atomic E-state index is -0.439. The van der Waals surface area contributed by atoms with Gasteiger partial charge in [0, 0.05) is 12.7 Å². The first-order valence-corrected chi connectivity index (χ1v) is 7.12. The number of carbonyl (C=O) groups is 1. The van der Waals surface area contributed by atoms with Gasteiger partial charge in [-0.05, 0) is 37.3 Å². The number of nitrogens with zero attached hydrogens (tertiary/aromatic N) is 1. The van der Waals surface area contributed by atoms with Gasteiger partial charge < -0.3 is 14.5 Å². The van der Waals surface area contributed by atoms with E-state index in [0.717, 1.165) is 5.56 Å². The third kappa shape index (κ3) is 3.26. The van der Waals surface area contributed by atoms with Crippen molar-refractivity contribution in [1.29, 1.82) is 0 Å². The standard InChI is InChI=1S/C17H16N2O4/c1-11-3-6-13(7-4-11)22-10-16(20)18-12-5-8-15-14(9-12)19(2)17(21)23-15/h3-9H,10H2,1-2H3,(H,18,20). The van der Waals surface area contributed by atoms with E-state index in [1.54, 1.807) is 25.2 Å². The molecule has 118 valence electrons. The number of hydrogen-bond donors (Lipinski definition) is 1. The molecule has 1 amide bonds. The van der Waals surface area contributed by atoms with Crippen LogP contribution >= 0.6 is 0 Å². The summed E-state index contributed by atoms with van der Waals surface area (Å²) >= 11 is 0. The van der Waals surface area contributed by atoms with Crippen molar-refractivity contribution in [2.75, 3.05) is 11.9 Å². The molecule has 0 spiro atoms. The summed E-state index contributed by atoms with van der Waals surface area (Å²) in [7, 11) is 1.61. The number of benzene rings is 2. The van der Waals surface area contributed by atoms with Crippen LogP contribution in [0.4, 0.5) is 5.69 Å². The molecule has 23 heavy (non-hydrogen) atoms. The highest BCUT2D eigenvalue weighted by Gasteiger charge is 2.09. The van der Waals surface area contributed by atoms with Crippen molar-refractivity contribution in [3.8, 4) is 5.75 Å². The van der Waals surface area contributed by atoms with E-state index in [1.807, 2.05) is 31.2 Å². The highest BCUT2D eigenvalue weighted by molar-refractivity contribution is 5.93. The molecule has 0 aliphatic heterocycles. The monoisotopic (exact) mass is 312 g/mol. The van der Waals surface area contributed by atoms with E-state index >= 15 is 0 Å². The van der Waals surface area contributed by atoms with E-state index in [9.17, 15) is 9.59 Å². The van der Waals surface area contributed by atoms with E-state index in [4.69, 9.17) is 9.15 Å². The van der Waals surface area contributed by atoms with Crippen LogP contribution in [0.1, 0.15) is 5.56 Å². The lowest BCUT2D eigenvalue weighted by Crippen LogP contribution is -2.20. The van der Waals surface area contributed by atoms with E-state index in [-0.39, 0.29) is 12.5 Å². The molecule has 3 rings (SSSR count). The summed E-state index contributed by atoms with van der Waals surface area (Å²) in [4.78, 5) is 23.4. The maximum absolute atomic E-state index is 12.0. The Morgan fingerprint density at radius 1 is 1.22 bits per heavy atom. The predicted octanol–water partition coefficient (Wildman–Crippen LogP) is 2.46. The second kappa shape index (κ2) is 6.00. The van der Waals surface area contributed by atoms with Gasteiger partial charge in [-0.25, -0.2) is 4.79 Å². The van der Waals surface area contributed by atoms with Gasteiger partial charge in [0.15, 0.2) is 12.2 Å². The van der Waals surface area contributed by atoms with Gasteiger partial charge in [-0.3, -0.25) is 9.36 Å². The molecule has 1 aromatic heterocycles. The second-order valence-corrected chi connectivity index (χ2v) is 5.26. The average Bonchev–Trinajstić information content (AvgIpc) is 2.82. The van der Waals surface area contributed by atoms with Crippen LogP contribution in [0.3, 0.4) is 0 Å². The number of carbonyl (C=O) groups excluding carboxylic acids is 1. The molecule has 6 nitrogen and oxygen atoms in total. The zero-order chi connectivity index (χ0) is 16.4. The fraction of sp³-hybridized carbons (Fsp3) is 0.176. The summed E-state index contributed by atoms with van der Waals surface area (Å²) in [5.74, 6) is -0.0805. The van der Waals surface area contributed by atoms with Gasteiger partial charge in [-0.15, -0.1) is 0 Å². The highest BCUT2D eigenvalue weighted by Crippen LogP contribution is 2.18. The van der Waals surface area contributed by atoms with Gasteiger partial charge in [-0.1, -0.05) is 17.7 Å². The molecular formula is C17H16N2O4. The molecule has 0 bridgehead atoms. The number of amides is 1. The maximum atomic E-state index is 12.0. The molecule has 0 saturated carbocycles. The first kappa shape index (κ1) is 14.9.